The van der Waals surface area contributed by atoms with E-state index in [1.165, 1.54) is 6.07 Å². The Balaban J connectivity index is 2.41. The van der Waals surface area contributed by atoms with Crippen LogP contribution in [0.3, 0.4) is 0 Å². The number of aromatic nitrogens is 1. The van der Waals surface area contributed by atoms with Crippen molar-refractivity contribution in [3.05, 3.63) is 63.9 Å². The van der Waals surface area contributed by atoms with Gasteiger partial charge in [-0.15, -0.1) is 0 Å². The van der Waals surface area contributed by atoms with Crippen LogP contribution >= 0.6 is 0 Å². The Labute approximate surface area is 150 Å². The van der Waals surface area contributed by atoms with Crippen molar-refractivity contribution >= 4 is 10.9 Å². The zero-order valence-corrected chi connectivity index (χ0v) is 14.1. The van der Waals surface area contributed by atoms with Crippen LogP contribution in [0.15, 0.2) is 41.2 Å². The van der Waals surface area contributed by atoms with Crippen LogP contribution in [0.4, 0.5) is 22.0 Å². The Hall–Kier alpha value is -2.90. The molecule has 0 radical (unpaired) electrons. The molecule has 3 nitrogen and oxygen atoms in total. The molecule has 3 aromatic rings. The molecule has 1 heterocycles. The van der Waals surface area contributed by atoms with Crippen molar-refractivity contribution in [2.75, 3.05) is 6.61 Å². The smallest absolute Gasteiger partial charge is 0.432 e. The molecule has 0 aliphatic heterocycles. The molecule has 0 saturated heterocycles. The molecule has 0 atom stereocenters. The summed E-state index contributed by atoms with van der Waals surface area (Å²) in [5, 5.41) is -0.545. The Morgan fingerprint density at radius 2 is 1.70 bits per heavy atom. The lowest BCUT2D eigenvalue weighted by molar-refractivity contribution is -0.140. The van der Waals surface area contributed by atoms with E-state index < -0.39 is 39.9 Å². The number of H-pyrrole nitrogens is 1. The van der Waals surface area contributed by atoms with E-state index in [1.54, 1.807) is 6.92 Å². The van der Waals surface area contributed by atoms with E-state index in [4.69, 9.17) is 4.74 Å². The second kappa shape index (κ2) is 7.02. The average Bonchev–Trinajstić information content (AvgIpc) is 2.61. The Morgan fingerprint density at radius 3 is 2.30 bits per heavy atom. The molecule has 0 aliphatic carbocycles. The molecular weight excluding hydrogens is 369 g/mol. The van der Waals surface area contributed by atoms with Crippen molar-refractivity contribution < 1.29 is 26.7 Å². The number of benzene rings is 2. The Bertz CT molecular complexity index is 1040. The lowest BCUT2D eigenvalue weighted by atomic mass is 9.99. The minimum absolute atomic E-state index is 0.0542. The number of hydrogen-bond donors (Lipinski definition) is 1. The molecule has 2 aromatic carbocycles. The van der Waals surface area contributed by atoms with Crippen LogP contribution in [0.1, 0.15) is 19.0 Å². The van der Waals surface area contributed by atoms with Crippen molar-refractivity contribution in [2.24, 2.45) is 0 Å². The summed E-state index contributed by atoms with van der Waals surface area (Å²) in [4.78, 5) is 14.9. The number of rotatable bonds is 4. The fourth-order valence-electron chi connectivity index (χ4n) is 2.77. The summed E-state index contributed by atoms with van der Waals surface area (Å²) >= 11 is 0. The predicted molar refractivity (Wildman–Crippen MR) is 90.7 cm³/mol. The third-order valence-electron chi connectivity index (χ3n) is 3.95. The van der Waals surface area contributed by atoms with E-state index in [9.17, 15) is 26.7 Å². The Kier molecular flexibility index (Phi) is 4.91. The largest absolute Gasteiger partial charge is 0.491 e. The van der Waals surface area contributed by atoms with Gasteiger partial charge in [0.05, 0.1) is 23.1 Å². The lowest BCUT2D eigenvalue weighted by Crippen LogP contribution is -2.19. The van der Waals surface area contributed by atoms with Gasteiger partial charge in [-0.1, -0.05) is 19.1 Å². The van der Waals surface area contributed by atoms with Crippen molar-refractivity contribution in [2.45, 2.75) is 19.5 Å². The molecule has 0 spiro atoms. The zero-order chi connectivity index (χ0) is 19.8. The van der Waals surface area contributed by atoms with E-state index in [0.29, 0.717) is 6.42 Å². The fraction of sp³-hybridized carbons (Fsp3) is 0.211. The first-order valence-corrected chi connectivity index (χ1v) is 8.08. The SMILES string of the molecule is CCCOc1ccc(F)c2c(=O)c(-c3ccc(F)cc3)c(C(F)(F)F)[nH]c12. The summed E-state index contributed by atoms with van der Waals surface area (Å²) in [5.74, 6) is -1.71. The molecule has 0 unspecified atom stereocenters. The maximum absolute atomic E-state index is 14.3. The fourth-order valence-corrected chi connectivity index (χ4v) is 2.77. The number of alkyl halides is 3. The molecule has 0 saturated carbocycles. The van der Waals surface area contributed by atoms with Gasteiger partial charge in [-0.05, 0) is 36.2 Å². The van der Waals surface area contributed by atoms with Gasteiger partial charge in [0.15, 0.2) is 0 Å². The normalized spacial score (nSPS) is 11.8. The highest BCUT2D eigenvalue weighted by molar-refractivity contribution is 5.89. The third-order valence-corrected chi connectivity index (χ3v) is 3.95. The molecule has 8 heteroatoms. The van der Waals surface area contributed by atoms with Gasteiger partial charge in [0, 0.05) is 0 Å². The van der Waals surface area contributed by atoms with Gasteiger partial charge in [-0.25, -0.2) is 8.78 Å². The van der Waals surface area contributed by atoms with Gasteiger partial charge in [0.25, 0.3) is 0 Å². The van der Waals surface area contributed by atoms with Crippen molar-refractivity contribution in [1.29, 1.82) is 0 Å². The molecule has 1 aromatic heterocycles. The summed E-state index contributed by atoms with van der Waals surface area (Å²) in [6.07, 6.45) is -4.35. The Morgan fingerprint density at radius 1 is 1.04 bits per heavy atom. The van der Waals surface area contributed by atoms with Crippen LogP contribution in [0.5, 0.6) is 5.75 Å². The number of hydrogen-bond acceptors (Lipinski definition) is 2. The molecule has 27 heavy (non-hydrogen) atoms. The molecule has 1 N–H and O–H groups in total. The summed E-state index contributed by atoms with van der Waals surface area (Å²) < 4.78 is 73.7. The van der Waals surface area contributed by atoms with Crippen molar-refractivity contribution in [3.63, 3.8) is 0 Å². The summed E-state index contributed by atoms with van der Waals surface area (Å²) in [6, 6.07) is 6.06. The predicted octanol–water partition coefficient (Wildman–Crippen LogP) is 5.28. The van der Waals surface area contributed by atoms with E-state index >= 15 is 0 Å². The van der Waals surface area contributed by atoms with Gasteiger partial charge in [0.1, 0.15) is 23.1 Å². The van der Waals surface area contributed by atoms with Crippen LogP contribution in [0.2, 0.25) is 0 Å². The van der Waals surface area contributed by atoms with E-state index in [2.05, 4.69) is 4.98 Å². The third kappa shape index (κ3) is 3.51. The quantitative estimate of drug-likeness (QED) is 0.623. The van der Waals surface area contributed by atoms with Crippen molar-refractivity contribution in [3.8, 4) is 16.9 Å². The van der Waals surface area contributed by atoms with E-state index in [0.717, 1.165) is 30.3 Å². The number of fused-ring (bicyclic) bond motifs is 1. The topological polar surface area (TPSA) is 42.1 Å². The van der Waals surface area contributed by atoms with E-state index in [1.807, 2.05) is 0 Å². The lowest BCUT2D eigenvalue weighted by Gasteiger charge is -2.16. The maximum Gasteiger partial charge on any atom is 0.432 e. The molecular formula is C19H14F5NO2. The summed E-state index contributed by atoms with van der Waals surface area (Å²) in [5.41, 5.74) is -3.82. The highest BCUT2D eigenvalue weighted by Gasteiger charge is 2.37. The number of ether oxygens (including phenoxy) is 1. The first-order valence-electron chi connectivity index (χ1n) is 8.08. The standard InChI is InChI=1S/C19H14F5NO2/c1-2-9-27-13-8-7-12(21)15-16(13)25-18(19(22,23)24)14(17(15)26)10-3-5-11(20)6-4-10/h3-8H,2,9H2,1H3,(H,25,26). The minimum Gasteiger partial charge on any atom is -0.491 e. The van der Waals surface area contributed by atoms with Gasteiger partial charge in [-0.3, -0.25) is 4.79 Å². The van der Waals surface area contributed by atoms with Gasteiger partial charge in [0.2, 0.25) is 5.43 Å². The second-order valence-corrected chi connectivity index (χ2v) is 5.85. The molecule has 0 bridgehead atoms. The van der Waals surface area contributed by atoms with Crippen LogP contribution in [0.25, 0.3) is 22.0 Å². The number of aromatic amines is 1. The van der Waals surface area contributed by atoms with Crippen LogP contribution in [0, 0.1) is 11.6 Å². The average molecular weight is 383 g/mol. The number of halogens is 5. The summed E-state index contributed by atoms with van der Waals surface area (Å²) in [6.45, 7) is 1.98. The highest BCUT2D eigenvalue weighted by Crippen LogP contribution is 2.37. The zero-order valence-electron chi connectivity index (χ0n) is 14.1. The minimum atomic E-state index is -4.93. The molecule has 0 amide bonds. The number of pyridine rings is 1. The molecule has 0 fully saturated rings. The molecule has 0 aliphatic rings. The van der Waals surface area contributed by atoms with Gasteiger partial charge >= 0.3 is 6.18 Å². The molecule has 3 rings (SSSR count). The van der Waals surface area contributed by atoms with Crippen LogP contribution in [-0.4, -0.2) is 11.6 Å². The van der Waals surface area contributed by atoms with Gasteiger partial charge in [-0.2, -0.15) is 13.2 Å². The van der Waals surface area contributed by atoms with Crippen molar-refractivity contribution in [1.82, 2.24) is 4.98 Å². The summed E-state index contributed by atoms with van der Waals surface area (Å²) in [7, 11) is 0. The van der Waals surface area contributed by atoms with E-state index in [-0.39, 0.29) is 23.4 Å². The second-order valence-electron chi connectivity index (χ2n) is 5.85. The van der Waals surface area contributed by atoms with Crippen LogP contribution in [-0.2, 0) is 6.18 Å². The first-order chi connectivity index (χ1) is 12.7. The van der Waals surface area contributed by atoms with Gasteiger partial charge < -0.3 is 9.72 Å². The maximum atomic E-state index is 14.3. The highest BCUT2D eigenvalue weighted by atomic mass is 19.4. The first kappa shape index (κ1) is 18.9. The molecule has 142 valence electrons. The monoisotopic (exact) mass is 383 g/mol. The number of nitrogens with one attached hydrogen (secondary N) is 1. The van der Waals surface area contributed by atoms with Crippen LogP contribution < -0.4 is 10.2 Å².